The molecule has 0 aliphatic carbocycles. The van der Waals surface area contributed by atoms with Crippen LogP contribution in [0.2, 0.25) is 0 Å². The number of unbranched alkanes of at least 4 members (excludes halogenated alkanes) is 3. The molecule has 0 radical (unpaired) electrons. The standard InChI is InChI=1S/C32H46B2N2O6/c1-29(2)30(3,4)40-33(39-29)23-15-19-25(20-16-23)35-27(37)13-11-9-10-12-14-28(38)36-26-21-17-24(18-22-26)34-41-31(5,6)32(7,8)42-34/h15-22H,9-14H2,1-8H3,(H,35,37)(H,36,38). The highest BCUT2D eigenvalue weighted by Gasteiger charge is 2.52. The van der Waals surface area contributed by atoms with E-state index in [0.717, 1.165) is 48.0 Å². The molecule has 2 aromatic carbocycles. The Morgan fingerprint density at radius 3 is 1.10 bits per heavy atom. The highest BCUT2D eigenvalue weighted by molar-refractivity contribution is 6.62. The third kappa shape index (κ3) is 7.64. The molecule has 2 saturated heterocycles. The SMILES string of the molecule is CC1(C)OB(c2ccc(NC(=O)CCCCCCC(=O)Nc3ccc(B4OC(C)(C)C(C)(C)O4)cc3)cc2)OC1(C)C. The zero-order chi connectivity index (χ0) is 30.8. The lowest BCUT2D eigenvalue weighted by molar-refractivity contribution is -0.117. The Bertz CT molecular complexity index is 1120. The second-order valence-electron chi connectivity index (χ2n) is 13.4. The second-order valence-corrected chi connectivity index (χ2v) is 13.4. The van der Waals surface area contributed by atoms with Gasteiger partial charge in [-0.15, -0.1) is 0 Å². The quantitative estimate of drug-likeness (QED) is 0.282. The Morgan fingerprint density at radius 1 is 0.524 bits per heavy atom. The summed E-state index contributed by atoms with van der Waals surface area (Å²) in [5.41, 5.74) is 1.79. The molecule has 2 fully saturated rings. The predicted octanol–water partition coefficient (Wildman–Crippen LogP) is 5.20. The Balaban J connectivity index is 1.09. The maximum Gasteiger partial charge on any atom is 0.494 e. The van der Waals surface area contributed by atoms with Crippen molar-refractivity contribution in [2.75, 3.05) is 10.6 Å². The molecule has 2 heterocycles. The van der Waals surface area contributed by atoms with Crippen LogP contribution in [0.1, 0.15) is 93.9 Å². The van der Waals surface area contributed by atoms with Gasteiger partial charge in [-0.1, -0.05) is 37.1 Å². The van der Waals surface area contributed by atoms with Gasteiger partial charge in [-0.25, -0.2) is 0 Å². The molecule has 0 atom stereocenters. The second kappa shape index (κ2) is 12.5. The predicted molar refractivity (Wildman–Crippen MR) is 169 cm³/mol. The molecule has 8 nitrogen and oxygen atoms in total. The number of anilines is 2. The van der Waals surface area contributed by atoms with Gasteiger partial charge < -0.3 is 29.3 Å². The number of carbonyl (C=O) groups excluding carboxylic acids is 2. The molecule has 2 aliphatic heterocycles. The number of hydrogen-bond donors (Lipinski definition) is 2. The van der Waals surface area contributed by atoms with E-state index in [1.807, 2.05) is 104 Å². The summed E-state index contributed by atoms with van der Waals surface area (Å²) in [6.45, 7) is 16.2. The summed E-state index contributed by atoms with van der Waals surface area (Å²) in [5, 5.41) is 5.92. The minimum absolute atomic E-state index is 0.0138. The van der Waals surface area contributed by atoms with Crippen LogP contribution in [-0.2, 0) is 28.2 Å². The van der Waals surface area contributed by atoms with E-state index in [0.29, 0.717) is 12.8 Å². The Labute approximate surface area is 251 Å². The van der Waals surface area contributed by atoms with Crippen molar-refractivity contribution < 1.29 is 28.2 Å². The van der Waals surface area contributed by atoms with E-state index in [4.69, 9.17) is 18.6 Å². The third-order valence-corrected chi connectivity index (χ3v) is 9.00. The highest BCUT2D eigenvalue weighted by atomic mass is 16.7. The van der Waals surface area contributed by atoms with Gasteiger partial charge in [-0.05, 0) is 103 Å². The van der Waals surface area contributed by atoms with Crippen LogP contribution in [0.25, 0.3) is 0 Å². The average molecular weight is 576 g/mol. The molecular weight excluding hydrogens is 530 g/mol. The maximum atomic E-state index is 12.4. The molecule has 0 unspecified atom stereocenters. The lowest BCUT2D eigenvalue weighted by atomic mass is 9.79. The molecule has 10 heteroatoms. The minimum Gasteiger partial charge on any atom is -0.399 e. The molecular formula is C32H46B2N2O6. The van der Waals surface area contributed by atoms with Crippen molar-refractivity contribution in [1.29, 1.82) is 0 Å². The summed E-state index contributed by atoms with van der Waals surface area (Å²) < 4.78 is 24.4. The van der Waals surface area contributed by atoms with Gasteiger partial charge in [0.15, 0.2) is 0 Å². The zero-order valence-electron chi connectivity index (χ0n) is 26.5. The molecule has 0 spiro atoms. The van der Waals surface area contributed by atoms with Gasteiger partial charge >= 0.3 is 14.2 Å². The van der Waals surface area contributed by atoms with Crippen LogP contribution in [0.5, 0.6) is 0 Å². The van der Waals surface area contributed by atoms with Crippen LogP contribution >= 0.6 is 0 Å². The van der Waals surface area contributed by atoms with Crippen molar-refractivity contribution in [3.8, 4) is 0 Å². The first-order valence-corrected chi connectivity index (χ1v) is 15.1. The highest BCUT2D eigenvalue weighted by Crippen LogP contribution is 2.37. The maximum absolute atomic E-state index is 12.4. The molecule has 2 aromatic rings. The molecule has 226 valence electrons. The molecule has 0 bridgehead atoms. The summed E-state index contributed by atoms with van der Waals surface area (Å²) in [6.07, 6.45) is 4.23. The van der Waals surface area contributed by atoms with E-state index >= 15 is 0 Å². The van der Waals surface area contributed by atoms with Gasteiger partial charge in [-0.3, -0.25) is 9.59 Å². The Morgan fingerprint density at radius 2 is 0.810 bits per heavy atom. The summed E-state index contributed by atoms with van der Waals surface area (Å²) in [4.78, 5) is 24.8. The number of amides is 2. The number of hydrogen-bond acceptors (Lipinski definition) is 6. The first-order chi connectivity index (χ1) is 19.6. The topological polar surface area (TPSA) is 95.1 Å². The van der Waals surface area contributed by atoms with E-state index < -0.39 is 36.6 Å². The third-order valence-electron chi connectivity index (χ3n) is 9.00. The molecule has 42 heavy (non-hydrogen) atoms. The van der Waals surface area contributed by atoms with Crippen LogP contribution in [-0.4, -0.2) is 48.5 Å². The molecule has 0 saturated carbocycles. The van der Waals surface area contributed by atoms with Gasteiger partial charge in [0.05, 0.1) is 22.4 Å². The van der Waals surface area contributed by atoms with Gasteiger partial charge in [0, 0.05) is 24.2 Å². The van der Waals surface area contributed by atoms with E-state index in [-0.39, 0.29) is 11.8 Å². The zero-order valence-corrected chi connectivity index (χ0v) is 26.5. The Kier molecular flexibility index (Phi) is 9.62. The fraction of sp³-hybridized carbons (Fsp3) is 0.562. The van der Waals surface area contributed by atoms with E-state index in [1.165, 1.54) is 0 Å². The molecule has 4 rings (SSSR count). The van der Waals surface area contributed by atoms with Crippen molar-refractivity contribution >= 4 is 48.4 Å². The fourth-order valence-electron chi connectivity index (χ4n) is 4.78. The lowest BCUT2D eigenvalue weighted by Crippen LogP contribution is -2.41. The van der Waals surface area contributed by atoms with Gasteiger partial charge in [0.1, 0.15) is 0 Å². The number of carbonyl (C=O) groups is 2. The Hall–Kier alpha value is -2.65. The van der Waals surface area contributed by atoms with E-state index in [9.17, 15) is 9.59 Å². The first-order valence-electron chi connectivity index (χ1n) is 15.1. The fourth-order valence-corrected chi connectivity index (χ4v) is 4.78. The monoisotopic (exact) mass is 576 g/mol. The first kappa shape index (κ1) is 32.3. The van der Waals surface area contributed by atoms with Crippen molar-refractivity contribution in [2.24, 2.45) is 0 Å². The summed E-state index contributed by atoms with van der Waals surface area (Å²) in [7, 11) is -0.843. The van der Waals surface area contributed by atoms with Crippen molar-refractivity contribution in [3.63, 3.8) is 0 Å². The van der Waals surface area contributed by atoms with E-state index in [1.54, 1.807) is 0 Å². The van der Waals surface area contributed by atoms with Gasteiger partial charge in [0.25, 0.3) is 0 Å². The smallest absolute Gasteiger partial charge is 0.399 e. The van der Waals surface area contributed by atoms with Crippen LogP contribution in [0.4, 0.5) is 11.4 Å². The average Bonchev–Trinajstić information content (AvgIpc) is 3.26. The molecule has 2 N–H and O–H groups in total. The van der Waals surface area contributed by atoms with Crippen LogP contribution in [0.15, 0.2) is 48.5 Å². The summed E-state index contributed by atoms with van der Waals surface area (Å²) in [5.74, 6) is -0.0276. The summed E-state index contributed by atoms with van der Waals surface area (Å²) in [6, 6.07) is 15.2. The lowest BCUT2D eigenvalue weighted by Gasteiger charge is -2.32. The molecule has 2 aliphatic rings. The van der Waals surface area contributed by atoms with E-state index in [2.05, 4.69) is 10.6 Å². The number of benzene rings is 2. The minimum atomic E-state index is -0.421. The number of nitrogens with one attached hydrogen (secondary N) is 2. The van der Waals surface area contributed by atoms with Crippen molar-refractivity contribution in [2.45, 2.75) is 116 Å². The van der Waals surface area contributed by atoms with Crippen LogP contribution < -0.4 is 21.6 Å². The van der Waals surface area contributed by atoms with Gasteiger partial charge in [0.2, 0.25) is 11.8 Å². The largest absolute Gasteiger partial charge is 0.494 e. The summed E-state index contributed by atoms with van der Waals surface area (Å²) >= 11 is 0. The van der Waals surface area contributed by atoms with Gasteiger partial charge in [-0.2, -0.15) is 0 Å². The number of rotatable bonds is 11. The molecule has 0 aromatic heterocycles. The van der Waals surface area contributed by atoms with Crippen LogP contribution in [0.3, 0.4) is 0 Å². The van der Waals surface area contributed by atoms with Crippen LogP contribution in [0, 0.1) is 0 Å². The van der Waals surface area contributed by atoms with Crippen molar-refractivity contribution in [3.05, 3.63) is 48.5 Å². The van der Waals surface area contributed by atoms with Crippen molar-refractivity contribution in [1.82, 2.24) is 0 Å². The normalized spacial score (nSPS) is 20.0. The molecule has 2 amide bonds.